The first-order chi connectivity index (χ1) is 11.3. The minimum absolute atomic E-state index is 0.0618. The highest BCUT2D eigenvalue weighted by atomic mass is 32.2. The third-order valence-electron chi connectivity index (χ3n) is 3.45. The molecular weight excluding hydrogens is 332 g/mol. The summed E-state index contributed by atoms with van der Waals surface area (Å²) in [6, 6.07) is 4.83. The van der Waals surface area contributed by atoms with E-state index >= 15 is 0 Å². The molecule has 24 heavy (non-hydrogen) atoms. The molecule has 0 aliphatic heterocycles. The number of rotatable bonds is 10. The summed E-state index contributed by atoms with van der Waals surface area (Å²) in [5.41, 5.74) is 0.427. The van der Waals surface area contributed by atoms with E-state index in [1.54, 1.807) is 18.2 Å². The maximum absolute atomic E-state index is 12.1. The number of ether oxygens (including phenoxy) is 2. The molecule has 0 atom stereocenters. The van der Waals surface area contributed by atoms with E-state index in [-0.39, 0.29) is 18.9 Å². The Bertz CT molecular complexity index is 646. The molecule has 136 valence electrons. The van der Waals surface area contributed by atoms with Crippen LogP contribution in [-0.4, -0.2) is 47.9 Å². The highest BCUT2D eigenvalue weighted by Crippen LogP contribution is 2.32. The topological polar surface area (TPSA) is 84.9 Å². The third kappa shape index (κ3) is 5.92. The molecule has 0 radical (unpaired) electrons. The van der Waals surface area contributed by atoms with Crippen molar-refractivity contribution in [1.82, 2.24) is 5.32 Å². The van der Waals surface area contributed by atoms with Crippen LogP contribution in [0.5, 0.6) is 11.5 Å². The summed E-state index contributed by atoms with van der Waals surface area (Å²) in [6.45, 7) is 2.70. The van der Waals surface area contributed by atoms with Crippen LogP contribution < -0.4 is 19.1 Å². The van der Waals surface area contributed by atoms with Crippen LogP contribution in [0.1, 0.15) is 26.2 Å². The Hall–Kier alpha value is -1.96. The van der Waals surface area contributed by atoms with Gasteiger partial charge in [0, 0.05) is 25.6 Å². The molecule has 0 aliphatic rings. The third-order valence-corrected chi connectivity index (χ3v) is 4.64. The number of carbonyl (C=O) groups is 1. The van der Waals surface area contributed by atoms with Gasteiger partial charge in [0.15, 0.2) is 11.5 Å². The van der Waals surface area contributed by atoms with Gasteiger partial charge in [0.1, 0.15) is 0 Å². The quantitative estimate of drug-likeness (QED) is 0.645. The van der Waals surface area contributed by atoms with Gasteiger partial charge in [0.25, 0.3) is 0 Å². The number of carbonyl (C=O) groups excluding carboxylic acids is 1. The molecule has 0 aliphatic carbocycles. The standard InChI is InChI=1S/C16H26N2O5S/c1-5-6-10-17-16(19)9-11-18(24(4,20)21)13-7-8-14(22-2)15(12-13)23-3/h7-8,12H,5-6,9-11H2,1-4H3,(H,17,19). The number of amides is 1. The van der Waals surface area contributed by atoms with E-state index in [1.165, 1.54) is 18.5 Å². The average molecular weight is 358 g/mol. The molecule has 0 bridgehead atoms. The van der Waals surface area contributed by atoms with Gasteiger partial charge in [0.05, 0.1) is 26.2 Å². The zero-order valence-corrected chi connectivity index (χ0v) is 15.5. The van der Waals surface area contributed by atoms with E-state index in [4.69, 9.17) is 9.47 Å². The number of nitrogens with one attached hydrogen (secondary N) is 1. The Morgan fingerprint density at radius 3 is 2.42 bits per heavy atom. The number of sulfonamides is 1. The summed E-state index contributed by atoms with van der Waals surface area (Å²) >= 11 is 0. The van der Waals surface area contributed by atoms with Gasteiger partial charge in [-0.15, -0.1) is 0 Å². The Balaban J connectivity index is 2.89. The van der Waals surface area contributed by atoms with Crippen molar-refractivity contribution in [2.75, 3.05) is 37.9 Å². The van der Waals surface area contributed by atoms with E-state index < -0.39 is 10.0 Å². The lowest BCUT2D eigenvalue weighted by molar-refractivity contribution is -0.120. The molecule has 0 unspecified atom stereocenters. The van der Waals surface area contributed by atoms with Crippen LogP contribution >= 0.6 is 0 Å². The average Bonchev–Trinajstić information content (AvgIpc) is 2.53. The Morgan fingerprint density at radius 2 is 1.88 bits per heavy atom. The van der Waals surface area contributed by atoms with Crippen LogP contribution in [0.4, 0.5) is 5.69 Å². The predicted molar refractivity (Wildman–Crippen MR) is 94.3 cm³/mol. The van der Waals surface area contributed by atoms with Gasteiger partial charge in [-0.3, -0.25) is 9.10 Å². The fourth-order valence-electron chi connectivity index (χ4n) is 2.16. The van der Waals surface area contributed by atoms with Gasteiger partial charge in [-0.05, 0) is 18.6 Å². The van der Waals surface area contributed by atoms with Crippen molar-refractivity contribution >= 4 is 21.6 Å². The molecular formula is C16H26N2O5S. The smallest absolute Gasteiger partial charge is 0.232 e. The lowest BCUT2D eigenvalue weighted by atomic mass is 10.2. The molecule has 1 amide bonds. The number of benzene rings is 1. The van der Waals surface area contributed by atoms with E-state index in [9.17, 15) is 13.2 Å². The van der Waals surface area contributed by atoms with Crippen LogP contribution in [0.15, 0.2) is 18.2 Å². The molecule has 0 aromatic heterocycles. The van der Waals surface area contributed by atoms with Crippen molar-refractivity contribution in [2.24, 2.45) is 0 Å². The predicted octanol–water partition coefficient (Wildman–Crippen LogP) is 1.78. The second-order valence-corrected chi connectivity index (χ2v) is 7.23. The molecule has 0 saturated heterocycles. The first-order valence-electron chi connectivity index (χ1n) is 7.80. The maximum Gasteiger partial charge on any atom is 0.232 e. The summed E-state index contributed by atoms with van der Waals surface area (Å²) in [6.07, 6.45) is 3.09. The zero-order valence-electron chi connectivity index (χ0n) is 14.7. The maximum atomic E-state index is 12.1. The number of hydrogen-bond donors (Lipinski definition) is 1. The fourth-order valence-corrected chi connectivity index (χ4v) is 3.08. The van der Waals surface area contributed by atoms with Gasteiger partial charge in [0.2, 0.25) is 15.9 Å². The lowest BCUT2D eigenvalue weighted by Gasteiger charge is -2.23. The van der Waals surface area contributed by atoms with Crippen molar-refractivity contribution in [1.29, 1.82) is 0 Å². The van der Waals surface area contributed by atoms with Gasteiger partial charge in [-0.2, -0.15) is 0 Å². The SMILES string of the molecule is CCCCNC(=O)CCN(c1ccc(OC)c(OC)c1)S(C)(=O)=O. The van der Waals surface area contributed by atoms with E-state index in [0.29, 0.717) is 23.7 Å². The first kappa shape index (κ1) is 20.1. The van der Waals surface area contributed by atoms with Gasteiger partial charge < -0.3 is 14.8 Å². The molecule has 1 rings (SSSR count). The molecule has 1 aromatic carbocycles. The monoisotopic (exact) mass is 358 g/mol. The minimum Gasteiger partial charge on any atom is -0.493 e. The van der Waals surface area contributed by atoms with Crippen molar-refractivity contribution in [2.45, 2.75) is 26.2 Å². The second kappa shape index (κ2) is 9.36. The van der Waals surface area contributed by atoms with Crippen LogP contribution in [0.3, 0.4) is 0 Å². The van der Waals surface area contributed by atoms with Gasteiger partial charge in [-0.1, -0.05) is 13.3 Å². The summed E-state index contributed by atoms with van der Waals surface area (Å²) in [4.78, 5) is 11.8. The largest absolute Gasteiger partial charge is 0.493 e. The highest BCUT2D eigenvalue weighted by molar-refractivity contribution is 7.92. The van der Waals surface area contributed by atoms with Crippen LogP contribution in [-0.2, 0) is 14.8 Å². The van der Waals surface area contributed by atoms with Gasteiger partial charge in [-0.25, -0.2) is 8.42 Å². The molecule has 7 nitrogen and oxygen atoms in total. The molecule has 0 spiro atoms. The zero-order chi connectivity index (χ0) is 18.2. The highest BCUT2D eigenvalue weighted by Gasteiger charge is 2.20. The van der Waals surface area contributed by atoms with Crippen LogP contribution in [0.25, 0.3) is 0 Å². The summed E-state index contributed by atoms with van der Waals surface area (Å²) in [5, 5.41) is 2.78. The summed E-state index contributed by atoms with van der Waals surface area (Å²) < 4.78 is 35.7. The summed E-state index contributed by atoms with van der Waals surface area (Å²) in [5.74, 6) is 0.764. The minimum atomic E-state index is -3.53. The van der Waals surface area contributed by atoms with Crippen LogP contribution in [0, 0.1) is 0 Å². The van der Waals surface area contributed by atoms with Crippen molar-refractivity contribution in [3.63, 3.8) is 0 Å². The molecule has 1 N–H and O–H groups in total. The first-order valence-corrected chi connectivity index (χ1v) is 9.64. The molecule has 0 heterocycles. The molecule has 1 aromatic rings. The van der Waals surface area contributed by atoms with E-state index in [2.05, 4.69) is 5.32 Å². The molecule has 0 fully saturated rings. The number of anilines is 1. The van der Waals surface area contributed by atoms with Crippen molar-refractivity contribution in [3.05, 3.63) is 18.2 Å². The lowest BCUT2D eigenvalue weighted by Crippen LogP contribution is -2.34. The summed E-state index contributed by atoms with van der Waals surface area (Å²) in [7, 11) is -0.540. The van der Waals surface area contributed by atoms with Crippen LogP contribution in [0.2, 0.25) is 0 Å². The van der Waals surface area contributed by atoms with Gasteiger partial charge >= 0.3 is 0 Å². The Kier molecular flexibility index (Phi) is 7.84. The number of nitrogens with zero attached hydrogens (tertiary/aromatic N) is 1. The van der Waals surface area contributed by atoms with Crippen molar-refractivity contribution < 1.29 is 22.7 Å². The Morgan fingerprint density at radius 1 is 1.21 bits per heavy atom. The normalized spacial score (nSPS) is 11.0. The number of hydrogen-bond acceptors (Lipinski definition) is 5. The van der Waals surface area contributed by atoms with E-state index in [1.807, 2.05) is 6.92 Å². The Labute approximate surface area is 144 Å². The number of unbranched alkanes of at least 4 members (excludes halogenated alkanes) is 1. The molecule has 8 heteroatoms. The second-order valence-electron chi connectivity index (χ2n) is 5.33. The van der Waals surface area contributed by atoms with E-state index in [0.717, 1.165) is 19.1 Å². The fraction of sp³-hybridized carbons (Fsp3) is 0.562. The van der Waals surface area contributed by atoms with Crippen molar-refractivity contribution in [3.8, 4) is 11.5 Å². The number of methoxy groups -OCH3 is 2. The molecule has 0 saturated carbocycles.